The van der Waals surface area contributed by atoms with Crippen molar-refractivity contribution in [2.75, 3.05) is 0 Å². The minimum absolute atomic E-state index is 0.0412. The Balaban J connectivity index is 1.89. The summed E-state index contributed by atoms with van der Waals surface area (Å²) < 4.78 is 199. The van der Waals surface area contributed by atoms with Crippen LogP contribution in [0.15, 0.2) is 60.7 Å². The van der Waals surface area contributed by atoms with Gasteiger partial charge in [0.1, 0.15) is 29.1 Å². The lowest BCUT2D eigenvalue weighted by atomic mass is 9.84. The number of halogens is 14. The van der Waals surface area contributed by atoms with Crippen LogP contribution in [0.2, 0.25) is 0 Å². The van der Waals surface area contributed by atoms with Crippen LogP contribution in [0, 0.1) is 40.2 Å². The van der Waals surface area contributed by atoms with Gasteiger partial charge in [-0.3, -0.25) is 0 Å². The van der Waals surface area contributed by atoms with E-state index in [-0.39, 0.29) is 35.4 Å². The maximum Gasteiger partial charge on any atom is 0.573 e. The molecule has 0 aliphatic heterocycles. The van der Waals surface area contributed by atoms with Crippen molar-refractivity contribution in [3.8, 4) is 57.0 Å². The number of alkyl halides is 12. The van der Waals surface area contributed by atoms with Crippen LogP contribution in [0.25, 0.3) is 33.4 Å². The summed E-state index contributed by atoms with van der Waals surface area (Å²) in [6.07, 6.45) is -21.5. The van der Waals surface area contributed by atoms with Gasteiger partial charge in [-0.05, 0) is 94.0 Å². The maximum atomic E-state index is 14.4. The van der Waals surface area contributed by atoms with Gasteiger partial charge in [0.05, 0.1) is 23.3 Å². The Hall–Kier alpha value is -5.52. The van der Waals surface area contributed by atoms with Crippen molar-refractivity contribution in [2.24, 2.45) is 5.92 Å². The first kappa shape index (κ1) is 35.8. The van der Waals surface area contributed by atoms with Gasteiger partial charge >= 0.3 is 25.1 Å². The molecule has 0 aromatic heterocycles. The number of nitriles is 2. The second kappa shape index (κ2) is 12.1. The molecule has 0 saturated heterocycles. The van der Waals surface area contributed by atoms with E-state index in [2.05, 4.69) is 9.47 Å². The summed E-state index contributed by atoms with van der Waals surface area (Å²) in [5, 5.41) is 19.4. The van der Waals surface area contributed by atoms with Crippen LogP contribution in [0.4, 0.5) is 61.5 Å². The van der Waals surface area contributed by atoms with Gasteiger partial charge in [-0.25, -0.2) is 8.78 Å². The molecule has 4 nitrogen and oxygen atoms in total. The summed E-state index contributed by atoms with van der Waals surface area (Å²) in [5.74, 6) is -9.22. The van der Waals surface area contributed by atoms with Gasteiger partial charge in [0.2, 0.25) is 0 Å². The number of benzene rings is 4. The molecule has 1 aliphatic rings. The van der Waals surface area contributed by atoms with Crippen LogP contribution < -0.4 is 9.47 Å². The molecule has 4 aromatic carbocycles. The molecule has 0 atom stereocenters. The van der Waals surface area contributed by atoms with Crippen molar-refractivity contribution >= 4 is 0 Å². The fourth-order valence-corrected chi connectivity index (χ4v) is 5.56. The van der Waals surface area contributed by atoms with Crippen LogP contribution in [0.3, 0.4) is 0 Å². The molecular weight excluding hydrogens is 710 g/mol. The highest BCUT2D eigenvalue weighted by atomic mass is 19.4. The summed E-state index contributed by atoms with van der Waals surface area (Å²) in [7, 11) is 0. The maximum absolute atomic E-state index is 14.4. The third kappa shape index (κ3) is 7.24. The number of rotatable bonds is 5. The molecule has 50 heavy (non-hydrogen) atoms. The highest BCUT2D eigenvalue weighted by Gasteiger charge is 2.42. The number of fused-ring (bicyclic) bond motifs is 3. The number of nitrogens with zero attached hydrogens (tertiary/aromatic N) is 2. The van der Waals surface area contributed by atoms with Crippen LogP contribution in [-0.2, 0) is 12.4 Å². The second-order valence-corrected chi connectivity index (χ2v) is 10.6. The van der Waals surface area contributed by atoms with E-state index in [1.165, 1.54) is 12.1 Å². The average molecular weight is 722 g/mol. The molecule has 0 bridgehead atoms. The third-order valence-corrected chi connectivity index (χ3v) is 7.40. The molecule has 1 aliphatic carbocycles. The second-order valence-electron chi connectivity index (χ2n) is 10.6. The third-order valence-electron chi connectivity index (χ3n) is 7.40. The van der Waals surface area contributed by atoms with Crippen molar-refractivity contribution in [1.82, 2.24) is 0 Å². The normalized spacial score (nSPS) is 13.5. The number of ether oxygens (including phenoxy) is 2. The van der Waals surface area contributed by atoms with E-state index in [1.54, 1.807) is 0 Å². The summed E-state index contributed by atoms with van der Waals surface area (Å²) in [6, 6.07) is 7.03. The predicted molar refractivity (Wildman–Crippen MR) is 143 cm³/mol. The van der Waals surface area contributed by atoms with Crippen LogP contribution >= 0.6 is 0 Å². The quantitative estimate of drug-likeness (QED) is 0.192. The Bertz CT molecular complexity index is 1940. The lowest BCUT2D eigenvalue weighted by molar-refractivity contribution is -0.275. The summed E-state index contributed by atoms with van der Waals surface area (Å²) >= 11 is 0. The first-order chi connectivity index (χ1) is 23.0. The van der Waals surface area contributed by atoms with E-state index >= 15 is 0 Å². The topological polar surface area (TPSA) is 66.0 Å². The molecule has 18 heteroatoms. The highest BCUT2D eigenvalue weighted by molar-refractivity contribution is 5.90. The van der Waals surface area contributed by atoms with Crippen molar-refractivity contribution in [3.05, 3.63) is 94.6 Å². The van der Waals surface area contributed by atoms with Gasteiger partial charge in [-0.2, -0.15) is 36.9 Å². The number of hydrogen-bond acceptors (Lipinski definition) is 4. The molecule has 0 unspecified atom stereocenters. The van der Waals surface area contributed by atoms with E-state index in [0.29, 0.717) is 24.3 Å². The Morgan fingerprint density at radius 2 is 0.860 bits per heavy atom. The predicted octanol–water partition coefficient (Wildman–Crippen LogP) is 10.9. The van der Waals surface area contributed by atoms with Crippen molar-refractivity contribution < 1.29 is 70.9 Å². The zero-order valence-corrected chi connectivity index (χ0v) is 23.9. The van der Waals surface area contributed by atoms with Crippen molar-refractivity contribution in [3.63, 3.8) is 0 Å². The molecule has 5 rings (SSSR count). The van der Waals surface area contributed by atoms with Crippen molar-refractivity contribution in [1.29, 1.82) is 10.5 Å². The molecule has 0 N–H and O–H groups in total. The number of hydrogen-bond donors (Lipinski definition) is 0. The van der Waals surface area contributed by atoms with Gasteiger partial charge in [-0.15, -0.1) is 26.3 Å². The molecule has 0 radical (unpaired) electrons. The fourth-order valence-electron chi connectivity index (χ4n) is 5.56. The summed E-state index contributed by atoms with van der Waals surface area (Å²) in [4.78, 5) is 0. The Morgan fingerprint density at radius 3 is 1.16 bits per heavy atom. The zero-order valence-electron chi connectivity index (χ0n) is 23.9. The Kier molecular flexibility index (Phi) is 8.67. The van der Waals surface area contributed by atoms with Crippen molar-refractivity contribution in [2.45, 2.75) is 31.0 Å². The smallest absolute Gasteiger partial charge is 0.405 e. The summed E-state index contributed by atoms with van der Waals surface area (Å²) in [5.41, 5.74) is -8.21. The van der Waals surface area contributed by atoms with E-state index < -0.39 is 105 Å². The molecule has 0 heterocycles. The monoisotopic (exact) mass is 722 g/mol. The van der Waals surface area contributed by atoms with Crippen LogP contribution in [0.5, 0.6) is 11.5 Å². The molecule has 260 valence electrons. The van der Waals surface area contributed by atoms with Gasteiger partial charge < -0.3 is 9.47 Å². The molecular formula is C32H12F14N2O2. The summed E-state index contributed by atoms with van der Waals surface area (Å²) in [6.45, 7) is 0. The average Bonchev–Trinajstić information content (AvgIpc) is 3.25. The van der Waals surface area contributed by atoms with Crippen LogP contribution in [0.1, 0.15) is 28.2 Å². The highest BCUT2D eigenvalue weighted by Crippen LogP contribution is 2.55. The SMILES string of the molecule is N#CC(C#N)C1c2cc(OC(F)(F)F)c(-c3cc(F)cc(C(F)(F)F)c3)cc2-c2cc(-c3cc(F)cc(C(F)(F)F)c3)c(OC(F)(F)F)cc21. The fraction of sp³-hybridized carbons (Fsp3) is 0.188. The van der Waals surface area contributed by atoms with E-state index in [9.17, 15) is 72.0 Å². The van der Waals surface area contributed by atoms with Crippen LogP contribution in [-0.4, -0.2) is 12.7 Å². The van der Waals surface area contributed by atoms with Gasteiger partial charge in [0.15, 0.2) is 0 Å². The molecule has 4 aromatic rings. The van der Waals surface area contributed by atoms with Gasteiger partial charge in [0, 0.05) is 17.0 Å². The molecule has 0 saturated carbocycles. The van der Waals surface area contributed by atoms with E-state index in [1.807, 2.05) is 0 Å². The molecule has 0 fully saturated rings. The standard InChI is InChI=1S/C32H12F14N2O2/c33-18-3-13(1-16(5-18)29(35,36)37)20-7-22-23-8-21(14-2-17(30(38,39)40)6-19(34)4-14)27(50-32(44,45)46)10-25(23)28(15(11-47)12-48)24(22)9-26(20)49-31(41,42)43/h1-10,15,28H. The van der Waals surface area contributed by atoms with E-state index in [0.717, 1.165) is 12.1 Å². The largest absolute Gasteiger partial charge is 0.573 e. The minimum Gasteiger partial charge on any atom is -0.405 e. The van der Waals surface area contributed by atoms with Gasteiger partial charge in [-0.1, -0.05) is 0 Å². The Morgan fingerprint density at radius 1 is 0.500 bits per heavy atom. The first-order valence-corrected chi connectivity index (χ1v) is 13.4. The lowest BCUT2D eigenvalue weighted by Gasteiger charge is -2.19. The first-order valence-electron chi connectivity index (χ1n) is 13.4. The zero-order chi connectivity index (χ0) is 37.1. The molecule has 0 amide bonds. The Labute approximate surface area is 270 Å². The lowest BCUT2D eigenvalue weighted by Crippen LogP contribution is -2.18. The minimum atomic E-state index is -5.54. The van der Waals surface area contributed by atoms with Gasteiger partial charge in [0.25, 0.3) is 0 Å². The molecule has 0 spiro atoms. The van der Waals surface area contributed by atoms with E-state index in [4.69, 9.17) is 0 Å².